The smallest absolute Gasteiger partial charge is 0.253 e. The number of nitrogens with one attached hydrogen (secondary N) is 3. The van der Waals surface area contributed by atoms with Crippen LogP contribution in [0.5, 0.6) is 0 Å². The molecule has 0 saturated carbocycles. The van der Waals surface area contributed by atoms with Gasteiger partial charge in [-0.1, -0.05) is 56.6 Å². The molecule has 0 fully saturated rings. The molecule has 0 aliphatic rings. The van der Waals surface area contributed by atoms with Gasteiger partial charge in [-0.3, -0.25) is 9.59 Å². The molecule has 34 heavy (non-hydrogen) atoms. The van der Waals surface area contributed by atoms with Crippen LogP contribution in [0, 0.1) is 5.41 Å². The van der Waals surface area contributed by atoms with Crippen LogP contribution in [0.2, 0.25) is 5.02 Å². The molecule has 4 aromatic rings. The lowest BCUT2D eigenvalue weighted by atomic mass is 9.87. The van der Waals surface area contributed by atoms with Crippen molar-refractivity contribution >= 4 is 40.4 Å². The number of hydrogen-bond donors (Lipinski definition) is 3. The molecule has 0 bridgehead atoms. The van der Waals surface area contributed by atoms with Crippen LogP contribution in [0.25, 0.3) is 11.1 Å². The lowest BCUT2D eigenvalue weighted by molar-refractivity contribution is 0.359. The normalized spacial score (nSPS) is 12.4. The van der Waals surface area contributed by atoms with E-state index in [4.69, 9.17) is 11.6 Å². The molecule has 0 saturated heterocycles. The van der Waals surface area contributed by atoms with Crippen molar-refractivity contribution in [1.82, 2.24) is 9.97 Å². The largest absolute Gasteiger partial charge is 0.377 e. The molecule has 1 unspecified atom stereocenters. The maximum absolute atomic E-state index is 12.2. The van der Waals surface area contributed by atoms with Gasteiger partial charge in [0.15, 0.2) is 0 Å². The van der Waals surface area contributed by atoms with Gasteiger partial charge in [0.2, 0.25) is 5.95 Å². The highest BCUT2D eigenvalue weighted by molar-refractivity contribution is 6.30. The van der Waals surface area contributed by atoms with E-state index >= 15 is 0 Å². The van der Waals surface area contributed by atoms with Crippen molar-refractivity contribution in [3.8, 4) is 11.1 Å². The van der Waals surface area contributed by atoms with Crippen molar-refractivity contribution in [2.45, 2.75) is 33.7 Å². The molecule has 7 nitrogen and oxygen atoms in total. The van der Waals surface area contributed by atoms with Crippen molar-refractivity contribution in [3.05, 3.63) is 86.3 Å². The lowest BCUT2D eigenvalue weighted by Crippen LogP contribution is -2.41. The molecule has 0 amide bonds. The topological polar surface area (TPSA) is 96.0 Å². The number of rotatable bonds is 7. The summed E-state index contributed by atoms with van der Waals surface area (Å²) in [5, 5.41) is 9.99. The Balaban J connectivity index is 1.47. The average molecular weight is 476 g/mol. The van der Waals surface area contributed by atoms with E-state index in [2.05, 4.69) is 46.7 Å². The minimum atomic E-state index is -0.561. The summed E-state index contributed by atoms with van der Waals surface area (Å²) in [6, 6.07) is 17.1. The van der Waals surface area contributed by atoms with Crippen LogP contribution in [0.15, 0.2) is 70.4 Å². The highest BCUT2D eigenvalue weighted by Crippen LogP contribution is 2.27. The van der Waals surface area contributed by atoms with Crippen LogP contribution in [0.3, 0.4) is 0 Å². The molecular formula is C26H26ClN5O2. The highest BCUT2D eigenvalue weighted by atomic mass is 35.5. The van der Waals surface area contributed by atoms with Gasteiger partial charge < -0.3 is 16.0 Å². The first-order valence-electron chi connectivity index (χ1n) is 10.9. The molecule has 174 valence electrons. The molecular weight excluding hydrogens is 450 g/mol. The first-order chi connectivity index (χ1) is 16.1. The van der Waals surface area contributed by atoms with Gasteiger partial charge in [0.05, 0.1) is 0 Å². The third-order valence-corrected chi connectivity index (χ3v) is 6.05. The summed E-state index contributed by atoms with van der Waals surface area (Å²) in [6.45, 7) is 8.17. The monoisotopic (exact) mass is 475 g/mol. The van der Waals surface area contributed by atoms with Gasteiger partial charge in [-0.2, -0.15) is 4.98 Å². The number of anilines is 5. The second-order valence-corrected chi connectivity index (χ2v) is 9.68. The Morgan fingerprint density at radius 1 is 0.824 bits per heavy atom. The summed E-state index contributed by atoms with van der Waals surface area (Å²) in [7, 11) is 0. The maximum Gasteiger partial charge on any atom is 0.253 e. The Bertz CT molecular complexity index is 1370. The fourth-order valence-electron chi connectivity index (χ4n) is 3.22. The van der Waals surface area contributed by atoms with Crippen molar-refractivity contribution in [3.63, 3.8) is 0 Å². The molecule has 1 heterocycles. The Morgan fingerprint density at radius 3 is 2.03 bits per heavy atom. The van der Waals surface area contributed by atoms with Gasteiger partial charge >= 0.3 is 0 Å². The van der Waals surface area contributed by atoms with E-state index in [1.807, 2.05) is 55.5 Å². The average Bonchev–Trinajstić information content (AvgIpc) is 2.81. The third-order valence-electron chi connectivity index (χ3n) is 5.80. The second kappa shape index (κ2) is 9.27. The van der Waals surface area contributed by atoms with Crippen molar-refractivity contribution in [2.24, 2.45) is 5.41 Å². The Hall–Kier alpha value is -3.71. The third kappa shape index (κ3) is 5.10. The van der Waals surface area contributed by atoms with Gasteiger partial charge in [0.1, 0.15) is 17.2 Å². The summed E-state index contributed by atoms with van der Waals surface area (Å²) < 4.78 is 0. The summed E-state index contributed by atoms with van der Waals surface area (Å²) >= 11 is 5.96. The minimum absolute atomic E-state index is 0.00480. The Kier molecular flexibility index (Phi) is 6.39. The number of aromatic nitrogens is 2. The van der Waals surface area contributed by atoms with Crippen LogP contribution in [-0.2, 0) is 0 Å². The second-order valence-electron chi connectivity index (χ2n) is 9.24. The van der Waals surface area contributed by atoms with Crippen molar-refractivity contribution in [1.29, 1.82) is 0 Å². The molecule has 0 aliphatic carbocycles. The summed E-state index contributed by atoms with van der Waals surface area (Å²) in [5.41, 5.74) is 2.29. The van der Waals surface area contributed by atoms with Crippen LogP contribution < -0.4 is 26.8 Å². The number of benzene rings is 2. The van der Waals surface area contributed by atoms with E-state index in [0.29, 0.717) is 22.5 Å². The zero-order chi connectivity index (χ0) is 24.5. The van der Waals surface area contributed by atoms with Crippen LogP contribution in [-0.4, -0.2) is 16.0 Å². The fourth-order valence-corrected chi connectivity index (χ4v) is 3.34. The summed E-state index contributed by atoms with van der Waals surface area (Å²) in [4.78, 5) is 33.0. The minimum Gasteiger partial charge on any atom is -0.377 e. The van der Waals surface area contributed by atoms with Crippen LogP contribution >= 0.6 is 11.6 Å². The number of halogens is 1. The predicted molar refractivity (Wildman–Crippen MR) is 139 cm³/mol. The van der Waals surface area contributed by atoms with Crippen LogP contribution in [0.1, 0.15) is 27.7 Å². The fraction of sp³-hybridized carbons (Fsp3) is 0.231. The van der Waals surface area contributed by atoms with Gasteiger partial charge in [0.25, 0.3) is 10.9 Å². The number of nitrogens with zero attached hydrogens (tertiary/aromatic N) is 2. The first-order valence-corrected chi connectivity index (χ1v) is 11.3. The lowest BCUT2D eigenvalue weighted by Gasteiger charge is -2.30. The van der Waals surface area contributed by atoms with E-state index in [-0.39, 0.29) is 17.1 Å². The molecule has 0 radical (unpaired) electrons. The van der Waals surface area contributed by atoms with Gasteiger partial charge in [-0.05, 0) is 53.8 Å². The first kappa shape index (κ1) is 23.4. The maximum atomic E-state index is 12.2. The standard InChI is InChI=1S/C26H26ClN5O2/c1-15(26(2,3)4)29-21-22(24(34)23(21)33)31-20-13-14-28-25(32-20)30-19-11-7-17(8-12-19)16-5-9-18(27)10-6-16/h5-15,29H,1-4H3,(H2,28,30,31,32). The molecule has 4 rings (SSSR count). The van der Waals surface area contributed by atoms with Crippen LogP contribution in [0.4, 0.5) is 28.8 Å². The Morgan fingerprint density at radius 2 is 1.41 bits per heavy atom. The number of hydrogen-bond acceptors (Lipinski definition) is 7. The SMILES string of the molecule is CC(Nc1c(Nc2ccnc(Nc3ccc(-c4ccc(Cl)cc4)cc3)n2)c(=O)c1=O)C(C)(C)C. The van der Waals surface area contributed by atoms with E-state index in [1.54, 1.807) is 12.3 Å². The molecule has 1 aromatic heterocycles. The highest BCUT2D eigenvalue weighted by Gasteiger charge is 2.27. The summed E-state index contributed by atoms with van der Waals surface area (Å²) in [5.74, 6) is 0.773. The quantitative estimate of drug-likeness (QED) is 0.294. The predicted octanol–water partition coefficient (Wildman–Crippen LogP) is 5.73. The van der Waals surface area contributed by atoms with Gasteiger partial charge in [0, 0.05) is 22.9 Å². The summed E-state index contributed by atoms with van der Waals surface area (Å²) in [6.07, 6.45) is 1.58. The Labute approximate surface area is 202 Å². The van der Waals surface area contributed by atoms with Gasteiger partial charge in [-0.25, -0.2) is 4.98 Å². The molecule has 0 aliphatic heterocycles. The zero-order valence-electron chi connectivity index (χ0n) is 19.4. The van der Waals surface area contributed by atoms with E-state index in [1.165, 1.54) is 0 Å². The molecule has 3 aromatic carbocycles. The van der Waals surface area contributed by atoms with E-state index in [0.717, 1.165) is 16.8 Å². The van der Waals surface area contributed by atoms with Crippen molar-refractivity contribution in [2.75, 3.05) is 16.0 Å². The van der Waals surface area contributed by atoms with Gasteiger partial charge in [-0.15, -0.1) is 0 Å². The molecule has 0 spiro atoms. The van der Waals surface area contributed by atoms with E-state index in [9.17, 15) is 9.59 Å². The molecule has 1 atom stereocenters. The van der Waals surface area contributed by atoms with E-state index < -0.39 is 10.9 Å². The molecule has 8 heteroatoms. The molecule has 3 N–H and O–H groups in total. The van der Waals surface area contributed by atoms with Crippen molar-refractivity contribution < 1.29 is 0 Å². The zero-order valence-corrected chi connectivity index (χ0v) is 20.2.